The minimum atomic E-state index is -1.42. The van der Waals surface area contributed by atoms with Crippen molar-refractivity contribution in [2.45, 2.75) is 63.7 Å². The quantitative estimate of drug-likeness (QED) is 0.137. The summed E-state index contributed by atoms with van der Waals surface area (Å²) in [5, 5.41) is 18.1. The van der Waals surface area contributed by atoms with Gasteiger partial charge in [0.2, 0.25) is 23.6 Å². The van der Waals surface area contributed by atoms with Gasteiger partial charge < -0.3 is 37.5 Å². The fourth-order valence-electron chi connectivity index (χ4n) is 4.59. The van der Waals surface area contributed by atoms with Crippen LogP contribution < -0.4 is 27.4 Å². The number of carbonyl (C=O) groups excluding carboxylic acids is 4. The molecule has 224 valence electrons. The first-order valence-electron chi connectivity index (χ1n) is 13.8. The van der Waals surface area contributed by atoms with Crippen molar-refractivity contribution in [1.29, 1.82) is 0 Å². The Morgan fingerprint density at radius 1 is 0.857 bits per heavy atom. The summed E-state index contributed by atoms with van der Waals surface area (Å²) in [6.45, 7) is 3.50. The maximum atomic E-state index is 13.5. The van der Waals surface area contributed by atoms with E-state index < -0.39 is 60.2 Å². The molecule has 5 unspecified atom stereocenters. The van der Waals surface area contributed by atoms with E-state index in [9.17, 15) is 29.1 Å². The van der Waals surface area contributed by atoms with Crippen molar-refractivity contribution >= 4 is 40.5 Å². The third-order valence-corrected chi connectivity index (χ3v) is 7.18. The Morgan fingerprint density at radius 3 is 2.12 bits per heavy atom. The number of benzene rings is 2. The van der Waals surface area contributed by atoms with Gasteiger partial charge >= 0.3 is 5.97 Å². The van der Waals surface area contributed by atoms with E-state index in [4.69, 9.17) is 11.5 Å². The first-order valence-corrected chi connectivity index (χ1v) is 13.8. The van der Waals surface area contributed by atoms with Crippen LogP contribution in [0.25, 0.3) is 10.9 Å². The number of aromatic nitrogens is 1. The van der Waals surface area contributed by atoms with Crippen LogP contribution in [0, 0.1) is 5.92 Å². The van der Waals surface area contributed by atoms with E-state index in [1.165, 1.54) is 0 Å². The lowest BCUT2D eigenvalue weighted by Gasteiger charge is -2.26. The van der Waals surface area contributed by atoms with E-state index in [1.807, 2.05) is 30.3 Å². The molecule has 1 aromatic heterocycles. The maximum Gasteiger partial charge on any atom is 0.326 e. The molecule has 0 aliphatic rings. The predicted molar refractivity (Wildman–Crippen MR) is 157 cm³/mol. The third-order valence-electron chi connectivity index (χ3n) is 7.18. The molecule has 0 saturated carbocycles. The number of carbonyl (C=O) groups is 5. The highest BCUT2D eigenvalue weighted by atomic mass is 16.4. The minimum Gasteiger partial charge on any atom is -0.480 e. The molecule has 5 atom stereocenters. The summed E-state index contributed by atoms with van der Waals surface area (Å²) in [4.78, 5) is 66.6. The summed E-state index contributed by atoms with van der Waals surface area (Å²) in [5.74, 6) is -4.70. The molecule has 4 amide bonds. The second-order valence-electron chi connectivity index (χ2n) is 10.4. The molecule has 0 spiro atoms. The highest BCUT2D eigenvalue weighted by molar-refractivity contribution is 5.96. The predicted octanol–water partition coefficient (Wildman–Crippen LogP) is 0.741. The van der Waals surface area contributed by atoms with E-state index in [0.717, 1.165) is 16.5 Å². The van der Waals surface area contributed by atoms with Gasteiger partial charge in [-0.3, -0.25) is 19.2 Å². The lowest BCUT2D eigenvalue weighted by Crippen LogP contribution is -2.58. The fourth-order valence-corrected chi connectivity index (χ4v) is 4.59. The van der Waals surface area contributed by atoms with Crippen LogP contribution in [0.4, 0.5) is 0 Å². The SMILES string of the molecule is CCC(C)C(NC(=O)C(Cc1c[nH]c2ccccc12)NC(=O)C(CC(N)=O)NC(=O)C(N)Cc1ccccc1)C(=O)O. The second kappa shape index (κ2) is 14.8. The molecule has 3 rings (SSSR count). The van der Waals surface area contributed by atoms with Crippen LogP contribution in [0.15, 0.2) is 60.8 Å². The number of hydrogen-bond donors (Lipinski definition) is 7. The monoisotopic (exact) mass is 578 g/mol. The lowest BCUT2D eigenvalue weighted by molar-refractivity contribution is -0.144. The highest BCUT2D eigenvalue weighted by Crippen LogP contribution is 2.20. The number of primary amides is 1. The molecule has 0 bridgehead atoms. The van der Waals surface area contributed by atoms with Gasteiger partial charge in [0.25, 0.3) is 0 Å². The Kier molecular flexibility index (Phi) is 11.2. The van der Waals surface area contributed by atoms with Crippen LogP contribution in [0.3, 0.4) is 0 Å². The van der Waals surface area contributed by atoms with Crippen molar-refractivity contribution in [3.63, 3.8) is 0 Å². The van der Waals surface area contributed by atoms with Crippen LogP contribution >= 0.6 is 0 Å². The molecule has 42 heavy (non-hydrogen) atoms. The molecule has 12 nitrogen and oxygen atoms in total. The Hall–Kier alpha value is -4.71. The van der Waals surface area contributed by atoms with Gasteiger partial charge in [0, 0.05) is 23.5 Å². The summed E-state index contributed by atoms with van der Waals surface area (Å²) < 4.78 is 0. The smallest absolute Gasteiger partial charge is 0.326 e. The topological polar surface area (TPSA) is 210 Å². The van der Waals surface area contributed by atoms with Gasteiger partial charge in [0.05, 0.1) is 12.5 Å². The summed E-state index contributed by atoms with van der Waals surface area (Å²) in [7, 11) is 0. The van der Waals surface area contributed by atoms with Crippen LogP contribution in [-0.2, 0) is 36.8 Å². The number of aromatic amines is 1. The van der Waals surface area contributed by atoms with Gasteiger partial charge in [-0.15, -0.1) is 0 Å². The number of para-hydroxylation sites is 1. The molecular formula is C30H38N6O6. The van der Waals surface area contributed by atoms with Gasteiger partial charge in [-0.25, -0.2) is 4.79 Å². The first kappa shape index (κ1) is 31.8. The second-order valence-corrected chi connectivity index (χ2v) is 10.4. The number of rotatable bonds is 15. The molecule has 3 aromatic rings. The molecule has 1 heterocycles. The first-order chi connectivity index (χ1) is 20.0. The average Bonchev–Trinajstić information content (AvgIpc) is 3.37. The largest absolute Gasteiger partial charge is 0.480 e. The minimum absolute atomic E-state index is 0.000803. The van der Waals surface area contributed by atoms with E-state index in [1.54, 1.807) is 44.3 Å². The number of aliphatic carboxylic acids is 1. The summed E-state index contributed by atoms with van der Waals surface area (Å²) in [6, 6.07) is 11.5. The molecule has 0 radical (unpaired) electrons. The molecule has 0 aliphatic heterocycles. The van der Waals surface area contributed by atoms with Crippen LogP contribution in [0.2, 0.25) is 0 Å². The van der Waals surface area contributed by atoms with Crippen molar-refractivity contribution in [3.8, 4) is 0 Å². The summed E-state index contributed by atoms with van der Waals surface area (Å²) in [5.41, 5.74) is 13.7. The standard InChI is InChI=1S/C30H38N6O6/c1-3-17(2)26(30(41)42)36-29(40)23(14-19-16-33-22-12-8-7-11-20(19)22)35-28(39)24(15-25(32)37)34-27(38)21(31)13-18-9-5-4-6-10-18/h4-12,16-17,21,23-24,26,33H,3,13-15,31H2,1-2H3,(H2,32,37)(H,34,38)(H,35,39)(H,36,40)(H,41,42). The van der Waals surface area contributed by atoms with Crippen molar-refractivity contribution in [2.75, 3.05) is 0 Å². The van der Waals surface area contributed by atoms with Gasteiger partial charge in [0.1, 0.15) is 18.1 Å². The highest BCUT2D eigenvalue weighted by Gasteiger charge is 2.33. The Bertz CT molecular complexity index is 1410. The number of hydrogen-bond acceptors (Lipinski definition) is 6. The zero-order chi connectivity index (χ0) is 30.8. The molecular weight excluding hydrogens is 540 g/mol. The average molecular weight is 579 g/mol. The number of carboxylic acids is 1. The van der Waals surface area contributed by atoms with Crippen molar-refractivity contribution < 1.29 is 29.1 Å². The Morgan fingerprint density at radius 2 is 1.48 bits per heavy atom. The number of amides is 4. The third kappa shape index (κ3) is 8.64. The molecule has 0 aliphatic carbocycles. The number of H-pyrrole nitrogens is 1. The van der Waals surface area contributed by atoms with E-state index in [2.05, 4.69) is 20.9 Å². The van der Waals surface area contributed by atoms with Crippen LogP contribution in [0.5, 0.6) is 0 Å². The van der Waals surface area contributed by atoms with Crippen LogP contribution in [0.1, 0.15) is 37.8 Å². The zero-order valence-electron chi connectivity index (χ0n) is 23.6. The zero-order valence-corrected chi connectivity index (χ0v) is 23.6. The van der Waals surface area contributed by atoms with Crippen molar-refractivity contribution in [3.05, 3.63) is 71.9 Å². The Labute approximate surface area is 243 Å². The van der Waals surface area contributed by atoms with E-state index in [0.29, 0.717) is 12.0 Å². The molecule has 0 fully saturated rings. The Balaban J connectivity index is 1.83. The normalized spacial score (nSPS) is 14.6. The molecule has 0 saturated heterocycles. The molecule has 9 N–H and O–H groups in total. The van der Waals surface area contributed by atoms with Crippen molar-refractivity contribution in [2.24, 2.45) is 17.4 Å². The number of nitrogens with two attached hydrogens (primary N) is 2. The fraction of sp³-hybridized carbons (Fsp3) is 0.367. The van der Waals surface area contributed by atoms with E-state index in [-0.39, 0.29) is 18.8 Å². The van der Waals surface area contributed by atoms with Crippen LogP contribution in [-0.4, -0.2) is 63.9 Å². The number of nitrogens with one attached hydrogen (secondary N) is 4. The summed E-state index contributed by atoms with van der Waals surface area (Å²) >= 11 is 0. The number of fused-ring (bicyclic) bond motifs is 1. The van der Waals surface area contributed by atoms with Gasteiger partial charge in [0.15, 0.2) is 0 Å². The molecule has 12 heteroatoms. The van der Waals surface area contributed by atoms with Gasteiger partial charge in [-0.05, 0) is 29.5 Å². The van der Waals surface area contributed by atoms with Gasteiger partial charge in [-0.1, -0.05) is 68.8 Å². The van der Waals surface area contributed by atoms with E-state index >= 15 is 0 Å². The maximum absolute atomic E-state index is 13.5. The van der Waals surface area contributed by atoms with Crippen molar-refractivity contribution in [1.82, 2.24) is 20.9 Å². The lowest BCUT2D eigenvalue weighted by atomic mass is 9.98. The van der Waals surface area contributed by atoms with Gasteiger partial charge in [-0.2, -0.15) is 0 Å². The summed E-state index contributed by atoms with van der Waals surface area (Å²) in [6.07, 6.45) is 1.84. The molecule has 2 aromatic carbocycles. The number of carboxylic acid groups (broad SMARTS) is 1.